The van der Waals surface area contributed by atoms with E-state index in [1.165, 1.54) is 0 Å². The van der Waals surface area contributed by atoms with Gasteiger partial charge in [0.15, 0.2) is 0 Å². The standard InChI is InChI=1S/C16H20O2/c1-12-8-9-15(10-13(12)2)16(17)18-11-14-6-4-3-5-7-14/h3-7,15H,8-11H2,1-2H3/i9D2,15D. The van der Waals surface area contributed by atoms with Gasteiger partial charge < -0.3 is 4.74 Å². The monoisotopic (exact) mass is 247 g/mol. The number of carbonyl (C=O) groups is 1. The first-order valence-electron chi connectivity index (χ1n) is 7.63. The molecule has 0 radical (unpaired) electrons. The summed E-state index contributed by atoms with van der Waals surface area (Å²) >= 11 is 0. The molecule has 0 saturated heterocycles. The van der Waals surface area contributed by atoms with Crippen LogP contribution in [0.25, 0.3) is 0 Å². The zero-order valence-corrected chi connectivity index (χ0v) is 10.8. The summed E-state index contributed by atoms with van der Waals surface area (Å²) in [6, 6.07) is 9.21. The fourth-order valence-corrected chi connectivity index (χ4v) is 1.82. The minimum atomic E-state index is -1.91. The molecule has 1 atom stereocenters. The molecule has 1 unspecified atom stereocenters. The second-order valence-electron chi connectivity index (χ2n) is 4.63. The van der Waals surface area contributed by atoms with Crippen molar-refractivity contribution in [3.05, 3.63) is 47.0 Å². The van der Waals surface area contributed by atoms with Gasteiger partial charge >= 0.3 is 5.97 Å². The van der Waals surface area contributed by atoms with Gasteiger partial charge in [0.2, 0.25) is 0 Å². The number of rotatable bonds is 3. The average molecular weight is 247 g/mol. The van der Waals surface area contributed by atoms with Crippen LogP contribution in [0, 0.1) is 5.89 Å². The van der Waals surface area contributed by atoms with E-state index in [9.17, 15) is 4.79 Å². The number of esters is 1. The molecule has 0 fully saturated rings. The van der Waals surface area contributed by atoms with Gasteiger partial charge in [-0.2, -0.15) is 0 Å². The van der Waals surface area contributed by atoms with Gasteiger partial charge in [-0.25, -0.2) is 0 Å². The molecule has 0 spiro atoms. The Kier molecular flexibility index (Phi) is 3.05. The van der Waals surface area contributed by atoms with Crippen LogP contribution in [0.1, 0.15) is 42.7 Å². The molecule has 0 aliphatic heterocycles. The van der Waals surface area contributed by atoms with Crippen LogP contribution in [0.15, 0.2) is 41.5 Å². The first-order valence-corrected chi connectivity index (χ1v) is 6.13. The number of allylic oxidation sites excluding steroid dienone is 2. The Morgan fingerprint density at radius 3 is 2.83 bits per heavy atom. The molecule has 1 aromatic rings. The van der Waals surface area contributed by atoms with Crippen LogP contribution >= 0.6 is 0 Å². The second-order valence-corrected chi connectivity index (χ2v) is 4.63. The fourth-order valence-electron chi connectivity index (χ4n) is 1.82. The second kappa shape index (κ2) is 5.85. The molecule has 2 heteroatoms. The molecule has 0 aromatic heterocycles. The fraction of sp³-hybridized carbons (Fsp3) is 0.438. The molecular formula is C16H20O2. The van der Waals surface area contributed by atoms with Crippen molar-refractivity contribution in [1.82, 2.24) is 0 Å². The molecule has 96 valence electrons. The summed E-state index contributed by atoms with van der Waals surface area (Å²) in [7, 11) is 0. The molecule has 0 heterocycles. The average Bonchev–Trinajstić information content (AvgIpc) is 2.43. The molecule has 0 saturated carbocycles. The van der Waals surface area contributed by atoms with Crippen LogP contribution in [0.3, 0.4) is 0 Å². The molecule has 0 amide bonds. The maximum Gasteiger partial charge on any atom is 0.309 e. The number of hydrogen-bond donors (Lipinski definition) is 0. The summed E-state index contributed by atoms with van der Waals surface area (Å²) in [6.45, 7) is 3.76. The van der Waals surface area contributed by atoms with Gasteiger partial charge in [-0.3, -0.25) is 4.79 Å². The highest BCUT2D eigenvalue weighted by Gasteiger charge is 2.24. The van der Waals surface area contributed by atoms with Crippen molar-refractivity contribution in [3.8, 4) is 0 Å². The highest BCUT2D eigenvalue weighted by molar-refractivity contribution is 5.73. The lowest BCUT2D eigenvalue weighted by molar-refractivity contribution is -0.150. The molecule has 0 bridgehead atoms. The third-order valence-electron chi connectivity index (χ3n) is 3.20. The Morgan fingerprint density at radius 2 is 2.11 bits per heavy atom. The molecule has 1 aliphatic rings. The Balaban J connectivity index is 2.13. The highest BCUT2D eigenvalue weighted by atomic mass is 16.5. The first-order chi connectivity index (χ1) is 9.76. The molecular weight excluding hydrogens is 224 g/mol. The van der Waals surface area contributed by atoms with Crippen LogP contribution in [0.2, 0.25) is 0 Å². The minimum Gasteiger partial charge on any atom is -0.461 e. The van der Waals surface area contributed by atoms with Crippen molar-refractivity contribution in [3.63, 3.8) is 0 Å². The number of carbonyl (C=O) groups excluding carboxylic acids is 1. The van der Waals surface area contributed by atoms with Gasteiger partial charge in [-0.1, -0.05) is 41.5 Å². The van der Waals surface area contributed by atoms with E-state index in [2.05, 4.69) is 0 Å². The Morgan fingerprint density at radius 1 is 1.39 bits per heavy atom. The number of benzene rings is 1. The lowest BCUT2D eigenvalue weighted by Crippen LogP contribution is -2.21. The largest absolute Gasteiger partial charge is 0.461 e. The Labute approximate surface area is 113 Å². The Hall–Kier alpha value is -1.57. The van der Waals surface area contributed by atoms with E-state index in [1.807, 2.05) is 44.2 Å². The predicted molar refractivity (Wildman–Crippen MR) is 72.0 cm³/mol. The normalized spacial score (nSPS) is 29.1. The number of hydrogen-bond acceptors (Lipinski definition) is 2. The summed E-state index contributed by atoms with van der Waals surface area (Å²) in [4.78, 5) is 12.3. The van der Waals surface area contributed by atoms with Crippen molar-refractivity contribution in [2.24, 2.45) is 5.89 Å². The molecule has 2 rings (SSSR count). The van der Waals surface area contributed by atoms with Crippen molar-refractivity contribution in [2.45, 2.75) is 39.7 Å². The zero-order valence-electron chi connectivity index (χ0n) is 13.8. The van der Waals surface area contributed by atoms with E-state index in [1.54, 1.807) is 0 Å². The highest BCUT2D eigenvalue weighted by Crippen LogP contribution is 2.29. The van der Waals surface area contributed by atoms with E-state index in [-0.39, 0.29) is 19.4 Å². The van der Waals surface area contributed by atoms with E-state index in [0.717, 1.165) is 16.7 Å². The lowest BCUT2D eigenvalue weighted by Gasteiger charge is -2.22. The van der Waals surface area contributed by atoms with Gasteiger partial charge in [-0.15, -0.1) is 0 Å². The SMILES string of the molecule is [2H]C1([2H])CC(C)=C(C)CC1([2H])C(=O)OCc1ccccc1. The molecule has 2 nitrogen and oxygen atoms in total. The summed E-state index contributed by atoms with van der Waals surface area (Å²) in [5.41, 5.74) is 2.64. The van der Waals surface area contributed by atoms with E-state index >= 15 is 0 Å². The zero-order chi connectivity index (χ0) is 15.7. The van der Waals surface area contributed by atoms with E-state index in [4.69, 9.17) is 8.85 Å². The van der Waals surface area contributed by atoms with Crippen LogP contribution in [0.4, 0.5) is 0 Å². The third-order valence-corrected chi connectivity index (χ3v) is 3.20. The van der Waals surface area contributed by atoms with E-state index < -0.39 is 18.2 Å². The van der Waals surface area contributed by atoms with Crippen molar-refractivity contribution in [1.29, 1.82) is 0 Å². The van der Waals surface area contributed by atoms with Gasteiger partial charge in [0.25, 0.3) is 0 Å². The van der Waals surface area contributed by atoms with Gasteiger partial charge in [-0.05, 0) is 38.6 Å². The smallest absolute Gasteiger partial charge is 0.309 e. The topological polar surface area (TPSA) is 26.3 Å². The summed E-state index contributed by atoms with van der Waals surface area (Å²) < 4.78 is 29.6. The van der Waals surface area contributed by atoms with Gasteiger partial charge in [0.1, 0.15) is 6.61 Å². The summed E-state index contributed by atoms with van der Waals surface area (Å²) in [5, 5.41) is 0. The van der Waals surface area contributed by atoms with Crippen LogP contribution in [-0.4, -0.2) is 5.97 Å². The Bertz CT molecular complexity index is 566. The van der Waals surface area contributed by atoms with Crippen LogP contribution in [0.5, 0.6) is 0 Å². The minimum absolute atomic E-state index is 0.0676. The molecule has 18 heavy (non-hydrogen) atoms. The molecule has 1 aliphatic carbocycles. The number of ether oxygens (including phenoxy) is 1. The van der Waals surface area contributed by atoms with Crippen molar-refractivity contribution in [2.75, 3.05) is 0 Å². The van der Waals surface area contributed by atoms with Crippen molar-refractivity contribution >= 4 is 5.97 Å². The lowest BCUT2D eigenvalue weighted by atomic mass is 9.85. The van der Waals surface area contributed by atoms with E-state index in [0.29, 0.717) is 0 Å². The predicted octanol–water partition coefficient (Wildman–Crippen LogP) is 3.87. The molecule has 0 N–H and O–H groups in total. The molecule has 1 aromatic carbocycles. The van der Waals surface area contributed by atoms with Crippen LogP contribution < -0.4 is 0 Å². The quantitative estimate of drug-likeness (QED) is 0.598. The van der Waals surface area contributed by atoms with Crippen molar-refractivity contribution < 1.29 is 13.6 Å². The maximum atomic E-state index is 12.3. The first kappa shape index (κ1) is 9.37. The van der Waals surface area contributed by atoms with Crippen LogP contribution in [-0.2, 0) is 16.1 Å². The van der Waals surface area contributed by atoms with Gasteiger partial charge in [0, 0.05) is 4.11 Å². The summed E-state index contributed by atoms with van der Waals surface area (Å²) in [6.07, 6.45) is -1.73. The maximum absolute atomic E-state index is 12.3. The third kappa shape index (κ3) is 3.22. The van der Waals surface area contributed by atoms with Gasteiger partial charge in [0.05, 0.1) is 5.89 Å². The summed E-state index contributed by atoms with van der Waals surface area (Å²) in [5.74, 6) is -2.66.